The van der Waals surface area contributed by atoms with Crippen molar-refractivity contribution < 1.29 is 4.74 Å². The highest BCUT2D eigenvalue weighted by Gasteiger charge is 2.23. The van der Waals surface area contributed by atoms with Crippen molar-refractivity contribution in [1.29, 1.82) is 10.5 Å². The van der Waals surface area contributed by atoms with Gasteiger partial charge in [-0.1, -0.05) is 18.7 Å². The zero-order valence-corrected chi connectivity index (χ0v) is 17.2. The third kappa shape index (κ3) is 4.41. The first-order valence-electron chi connectivity index (χ1n) is 9.20. The fourth-order valence-electron chi connectivity index (χ4n) is 3.17. The summed E-state index contributed by atoms with van der Waals surface area (Å²) in [5.74, 6) is 0.854. The molecule has 2 N–H and O–H groups in total. The second kappa shape index (κ2) is 9.84. The van der Waals surface area contributed by atoms with Crippen LogP contribution in [0.25, 0.3) is 11.3 Å². The molecular formula is C22H20N6OS. The minimum Gasteiger partial charge on any atom is -0.383 e. The Balaban J connectivity index is 2.04. The quantitative estimate of drug-likeness (QED) is 0.413. The summed E-state index contributed by atoms with van der Waals surface area (Å²) in [7, 11) is 0. The first-order valence-corrected chi connectivity index (χ1v) is 10.2. The van der Waals surface area contributed by atoms with Gasteiger partial charge in [-0.2, -0.15) is 10.5 Å². The molecule has 3 heterocycles. The molecule has 0 radical (unpaired) electrons. The van der Waals surface area contributed by atoms with E-state index < -0.39 is 0 Å². The van der Waals surface area contributed by atoms with E-state index in [1.807, 2.05) is 12.1 Å². The highest BCUT2D eigenvalue weighted by Crippen LogP contribution is 2.36. The lowest BCUT2D eigenvalue weighted by Gasteiger charge is -2.13. The van der Waals surface area contributed by atoms with Gasteiger partial charge in [0.05, 0.1) is 17.9 Å². The predicted octanol–water partition coefficient (Wildman–Crippen LogP) is 3.84. The Morgan fingerprint density at radius 2 is 2.17 bits per heavy atom. The van der Waals surface area contributed by atoms with Crippen molar-refractivity contribution in [3.05, 3.63) is 59.4 Å². The third-order valence-corrected chi connectivity index (χ3v) is 5.80. The summed E-state index contributed by atoms with van der Waals surface area (Å²) in [5, 5.41) is 19.9. The number of nitriles is 2. The lowest BCUT2D eigenvalue weighted by molar-refractivity contribution is 0.194. The van der Waals surface area contributed by atoms with Crippen molar-refractivity contribution in [3.8, 4) is 23.4 Å². The van der Waals surface area contributed by atoms with Gasteiger partial charge in [0.2, 0.25) is 0 Å². The van der Waals surface area contributed by atoms with Crippen molar-refractivity contribution in [3.63, 3.8) is 0 Å². The molecule has 0 amide bonds. The van der Waals surface area contributed by atoms with Gasteiger partial charge in [0, 0.05) is 36.2 Å². The largest absolute Gasteiger partial charge is 0.383 e. The third-order valence-electron chi connectivity index (χ3n) is 4.75. The fourth-order valence-corrected chi connectivity index (χ4v) is 4.12. The molecule has 30 heavy (non-hydrogen) atoms. The average Bonchev–Trinajstić information content (AvgIpc) is 3.31. The number of allylic oxidation sites excluding steroid dienone is 1. The summed E-state index contributed by atoms with van der Waals surface area (Å²) >= 11 is 1.32. The minimum absolute atomic E-state index is 0.0649. The molecule has 0 aliphatic carbocycles. The van der Waals surface area contributed by atoms with Crippen LogP contribution in [0.5, 0.6) is 0 Å². The zero-order valence-electron chi connectivity index (χ0n) is 16.3. The van der Waals surface area contributed by atoms with Crippen molar-refractivity contribution >= 4 is 24.3 Å². The number of nitrogen functional groups attached to an aromatic ring is 1. The van der Waals surface area contributed by atoms with Crippen LogP contribution < -0.4 is 5.73 Å². The first-order chi connectivity index (χ1) is 14.6. The van der Waals surface area contributed by atoms with Gasteiger partial charge in [0.1, 0.15) is 28.5 Å². The van der Waals surface area contributed by atoms with Crippen LogP contribution in [0.2, 0.25) is 0 Å². The Kier molecular flexibility index (Phi) is 6.97. The van der Waals surface area contributed by atoms with E-state index in [1.165, 1.54) is 11.8 Å². The molecule has 8 heteroatoms. The van der Waals surface area contributed by atoms with Gasteiger partial charge in [-0.05, 0) is 30.3 Å². The molecule has 0 aromatic carbocycles. The van der Waals surface area contributed by atoms with Crippen LogP contribution in [0.3, 0.4) is 0 Å². The van der Waals surface area contributed by atoms with Crippen LogP contribution >= 0.6 is 11.8 Å². The maximum Gasteiger partial charge on any atom is 0.143 e. The van der Waals surface area contributed by atoms with E-state index in [0.29, 0.717) is 34.6 Å². The van der Waals surface area contributed by atoms with E-state index in [-0.39, 0.29) is 16.9 Å². The molecule has 2 aromatic rings. The second-order valence-electron chi connectivity index (χ2n) is 6.57. The summed E-state index contributed by atoms with van der Waals surface area (Å²) in [6.45, 7) is 8.60. The van der Waals surface area contributed by atoms with Crippen molar-refractivity contribution in [2.45, 2.75) is 17.4 Å². The smallest absolute Gasteiger partial charge is 0.143 e. The molecule has 0 spiro atoms. The average molecular weight is 417 g/mol. The summed E-state index contributed by atoms with van der Waals surface area (Å²) in [6.07, 6.45) is 5.98. The topological polar surface area (TPSA) is 121 Å². The van der Waals surface area contributed by atoms with Crippen LogP contribution in [-0.2, 0) is 4.74 Å². The number of nitrogens with two attached hydrogens (primary N) is 1. The van der Waals surface area contributed by atoms with Gasteiger partial charge in [0.25, 0.3) is 0 Å². The molecule has 1 atom stereocenters. The summed E-state index contributed by atoms with van der Waals surface area (Å²) < 4.78 is 5.44. The Hall–Kier alpha value is -3.46. The van der Waals surface area contributed by atoms with Crippen molar-refractivity contribution in [2.24, 2.45) is 4.99 Å². The van der Waals surface area contributed by atoms with Crippen LogP contribution in [0.1, 0.15) is 29.0 Å². The van der Waals surface area contributed by atoms with E-state index in [0.717, 1.165) is 24.2 Å². The van der Waals surface area contributed by atoms with E-state index in [2.05, 4.69) is 40.4 Å². The molecule has 1 saturated heterocycles. The molecule has 0 bridgehead atoms. The number of hydrogen-bond acceptors (Lipinski definition) is 8. The number of ether oxygens (including phenoxy) is 1. The molecule has 2 aromatic heterocycles. The van der Waals surface area contributed by atoms with Crippen LogP contribution in [0, 0.1) is 22.7 Å². The minimum atomic E-state index is 0.0649. The van der Waals surface area contributed by atoms with Gasteiger partial charge in [-0.3, -0.25) is 9.98 Å². The highest BCUT2D eigenvalue weighted by atomic mass is 32.2. The normalized spacial score (nSPS) is 15.9. The van der Waals surface area contributed by atoms with Crippen molar-refractivity contribution in [2.75, 3.05) is 24.7 Å². The van der Waals surface area contributed by atoms with Gasteiger partial charge in [-0.15, -0.1) is 11.8 Å². The number of thioether (sulfide) groups is 1. The first kappa shape index (κ1) is 21.3. The molecule has 0 saturated carbocycles. The van der Waals surface area contributed by atoms with Crippen LogP contribution in [0.15, 0.2) is 52.8 Å². The van der Waals surface area contributed by atoms with E-state index in [1.54, 1.807) is 18.5 Å². The summed E-state index contributed by atoms with van der Waals surface area (Å²) in [4.78, 5) is 12.6. The van der Waals surface area contributed by atoms with E-state index >= 15 is 0 Å². The molecular weight excluding hydrogens is 396 g/mol. The molecule has 1 fully saturated rings. The second-order valence-corrected chi connectivity index (χ2v) is 7.53. The summed E-state index contributed by atoms with van der Waals surface area (Å²) in [6, 6.07) is 8.02. The highest BCUT2D eigenvalue weighted by molar-refractivity contribution is 7.99. The predicted molar refractivity (Wildman–Crippen MR) is 118 cm³/mol. The van der Waals surface area contributed by atoms with Gasteiger partial charge in [-0.25, -0.2) is 4.98 Å². The SMILES string of the molecule is C=C/C(=C\N=C)CSc1nc(N)c(C#N)c(-c2ccc(C3CCOC3)cn2)c1C#N. The lowest BCUT2D eigenvalue weighted by atomic mass is 9.97. The number of rotatable bonds is 7. The molecule has 1 unspecified atom stereocenters. The van der Waals surface area contributed by atoms with Gasteiger partial charge in [0.15, 0.2) is 0 Å². The standard InChI is InChI=1S/C22H20N6OS/c1-3-14(10-26-2)13-30-22-18(9-24)20(17(8-23)21(25)28-22)19-5-4-15(11-27-19)16-6-7-29-12-16/h3-5,10-11,16H,1-2,6-7,12-13H2,(H2,25,28)/b14-10+. The Morgan fingerprint density at radius 1 is 1.37 bits per heavy atom. The number of hydrogen-bond donors (Lipinski definition) is 1. The molecule has 7 nitrogen and oxygen atoms in total. The van der Waals surface area contributed by atoms with Crippen LogP contribution in [-0.4, -0.2) is 35.7 Å². The Bertz CT molecular complexity index is 1070. The lowest BCUT2D eigenvalue weighted by Crippen LogP contribution is -2.05. The number of aromatic nitrogens is 2. The molecule has 3 rings (SSSR count). The number of anilines is 1. The zero-order chi connectivity index (χ0) is 21.5. The summed E-state index contributed by atoms with van der Waals surface area (Å²) in [5.41, 5.74) is 9.28. The number of aliphatic imine (C=N–C) groups is 1. The maximum atomic E-state index is 9.86. The Labute approximate surface area is 179 Å². The monoisotopic (exact) mass is 416 g/mol. The maximum absolute atomic E-state index is 9.86. The molecule has 1 aliphatic heterocycles. The molecule has 150 valence electrons. The van der Waals surface area contributed by atoms with E-state index in [9.17, 15) is 10.5 Å². The molecule has 1 aliphatic rings. The Morgan fingerprint density at radius 3 is 2.73 bits per heavy atom. The number of nitrogens with zero attached hydrogens (tertiary/aromatic N) is 5. The fraction of sp³-hybridized carbons (Fsp3) is 0.227. The van der Waals surface area contributed by atoms with Gasteiger partial charge < -0.3 is 10.5 Å². The van der Waals surface area contributed by atoms with Crippen molar-refractivity contribution in [1.82, 2.24) is 9.97 Å². The van der Waals surface area contributed by atoms with Gasteiger partial charge >= 0.3 is 0 Å². The van der Waals surface area contributed by atoms with Crippen LogP contribution in [0.4, 0.5) is 5.82 Å². The van der Waals surface area contributed by atoms with E-state index in [4.69, 9.17) is 10.5 Å². The number of pyridine rings is 2.